The summed E-state index contributed by atoms with van der Waals surface area (Å²) in [5.41, 5.74) is 1.07. The fourth-order valence-electron chi connectivity index (χ4n) is 2.65. The van der Waals surface area contributed by atoms with Crippen molar-refractivity contribution in [3.05, 3.63) is 35.4 Å². The summed E-state index contributed by atoms with van der Waals surface area (Å²) in [5, 5.41) is 8.86. The van der Waals surface area contributed by atoms with Gasteiger partial charge in [-0.15, -0.1) is 0 Å². The van der Waals surface area contributed by atoms with Gasteiger partial charge in [0.2, 0.25) is 5.91 Å². The maximum atomic E-state index is 12.4. The van der Waals surface area contributed by atoms with E-state index >= 15 is 0 Å². The highest BCUT2D eigenvalue weighted by Crippen LogP contribution is 2.15. The van der Waals surface area contributed by atoms with Crippen LogP contribution < -0.4 is 0 Å². The Morgan fingerprint density at radius 1 is 1.33 bits per heavy atom. The second-order valence-electron chi connectivity index (χ2n) is 5.23. The first-order chi connectivity index (χ1) is 10.1. The molecule has 0 aliphatic carbocycles. The molecule has 1 saturated heterocycles. The molecule has 114 valence electrons. The van der Waals surface area contributed by atoms with E-state index in [9.17, 15) is 9.59 Å². The highest BCUT2D eigenvalue weighted by Gasteiger charge is 2.24. The van der Waals surface area contributed by atoms with Crippen LogP contribution in [0.4, 0.5) is 0 Å². The summed E-state index contributed by atoms with van der Waals surface area (Å²) >= 11 is 0. The van der Waals surface area contributed by atoms with Crippen molar-refractivity contribution in [2.75, 3.05) is 19.8 Å². The van der Waals surface area contributed by atoms with Crippen molar-refractivity contribution in [3.8, 4) is 0 Å². The van der Waals surface area contributed by atoms with Crippen LogP contribution in [-0.2, 0) is 16.0 Å². The summed E-state index contributed by atoms with van der Waals surface area (Å²) < 4.78 is 5.45. The second kappa shape index (κ2) is 7.22. The van der Waals surface area contributed by atoms with E-state index in [1.807, 2.05) is 11.8 Å². The molecular weight excluding hydrogens is 270 g/mol. The molecule has 21 heavy (non-hydrogen) atoms. The number of rotatable bonds is 5. The molecule has 5 heteroatoms. The number of aromatic carboxylic acids is 1. The van der Waals surface area contributed by atoms with Gasteiger partial charge in [0.25, 0.3) is 0 Å². The van der Waals surface area contributed by atoms with E-state index in [0.29, 0.717) is 19.6 Å². The molecule has 1 fully saturated rings. The number of carbonyl (C=O) groups excluding carboxylic acids is 1. The largest absolute Gasteiger partial charge is 0.478 e. The quantitative estimate of drug-likeness (QED) is 0.900. The Bertz CT molecular complexity index is 492. The van der Waals surface area contributed by atoms with Gasteiger partial charge in [0.05, 0.1) is 24.6 Å². The van der Waals surface area contributed by atoms with Crippen LogP contribution in [0, 0.1) is 0 Å². The van der Waals surface area contributed by atoms with Crippen LogP contribution in [0.5, 0.6) is 0 Å². The Balaban J connectivity index is 1.99. The minimum atomic E-state index is -0.956. The summed E-state index contributed by atoms with van der Waals surface area (Å²) in [6, 6.07) is 6.63. The Labute approximate surface area is 124 Å². The lowest BCUT2D eigenvalue weighted by Gasteiger charge is -2.33. The first-order valence-electron chi connectivity index (χ1n) is 7.31. The zero-order valence-corrected chi connectivity index (χ0v) is 12.2. The Kier molecular flexibility index (Phi) is 5.33. The minimum absolute atomic E-state index is 0.0658. The molecule has 1 aromatic carbocycles. The van der Waals surface area contributed by atoms with Crippen molar-refractivity contribution in [2.45, 2.75) is 32.2 Å². The molecule has 5 nitrogen and oxygen atoms in total. The number of ether oxygens (including phenoxy) is 1. The zero-order valence-electron chi connectivity index (χ0n) is 12.2. The maximum Gasteiger partial charge on any atom is 0.335 e. The van der Waals surface area contributed by atoms with Gasteiger partial charge in [-0.2, -0.15) is 0 Å². The Hall–Kier alpha value is -1.88. The summed E-state index contributed by atoms with van der Waals surface area (Å²) in [6.07, 6.45) is 2.27. The highest BCUT2D eigenvalue weighted by molar-refractivity contribution is 5.87. The second-order valence-corrected chi connectivity index (χ2v) is 5.23. The fraction of sp³-hybridized carbons (Fsp3) is 0.500. The molecule has 1 aliphatic rings. The number of amides is 1. The molecule has 1 atom stereocenters. The monoisotopic (exact) mass is 291 g/mol. The number of carboxylic acid groups (broad SMARTS) is 1. The van der Waals surface area contributed by atoms with E-state index in [1.165, 1.54) is 12.1 Å². The van der Waals surface area contributed by atoms with Gasteiger partial charge in [0.15, 0.2) is 0 Å². The standard InChI is InChI=1S/C16H21NO4/c1-2-17(14-4-3-9-21-11-14)15(18)10-12-5-7-13(8-6-12)16(19)20/h5-8,14H,2-4,9-11H2,1H3,(H,19,20). The molecule has 0 spiro atoms. The molecule has 1 aliphatic heterocycles. The molecule has 1 N–H and O–H groups in total. The van der Waals surface area contributed by atoms with Crippen molar-refractivity contribution < 1.29 is 19.4 Å². The van der Waals surface area contributed by atoms with Crippen LogP contribution in [0.15, 0.2) is 24.3 Å². The Morgan fingerprint density at radius 3 is 2.57 bits per heavy atom. The van der Waals surface area contributed by atoms with E-state index in [1.54, 1.807) is 12.1 Å². The third-order valence-corrected chi connectivity index (χ3v) is 3.79. The number of hydrogen-bond acceptors (Lipinski definition) is 3. The van der Waals surface area contributed by atoms with E-state index in [2.05, 4.69) is 0 Å². The molecule has 1 amide bonds. The number of nitrogens with zero attached hydrogens (tertiary/aromatic N) is 1. The van der Waals surface area contributed by atoms with Crippen LogP contribution >= 0.6 is 0 Å². The summed E-state index contributed by atoms with van der Waals surface area (Å²) in [4.78, 5) is 25.1. The molecule has 1 aromatic rings. The number of carbonyl (C=O) groups is 2. The minimum Gasteiger partial charge on any atom is -0.478 e. The Morgan fingerprint density at radius 2 is 2.05 bits per heavy atom. The van der Waals surface area contributed by atoms with Crippen LogP contribution in [0.25, 0.3) is 0 Å². The van der Waals surface area contributed by atoms with Gasteiger partial charge in [-0.3, -0.25) is 4.79 Å². The summed E-state index contributed by atoms with van der Waals surface area (Å²) in [6.45, 7) is 4.02. The molecule has 2 rings (SSSR count). The number of hydrogen-bond donors (Lipinski definition) is 1. The van der Waals surface area contributed by atoms with Gasteiger partial charge < -0.3 is 14.7 Å². The average Bonchev–Trinajstić information content (AvgIpc) is 2.49. The number of carboxylic acids is 1. The lowest BCUT2D eigenvalue weighted by molar-refractivity contribution is -0.135. The van der Waals surface area contributed by atoms with Gasteiger partial charge >= 0.3 is 5.97 Å². The maximum absolute atomic E-state index is 12.4. The lowest BCUT2D eigenvalue weighted by Crippen LogP contribution is -2.45. The predicted molar refractivity (Wildman–Crippen MR) is 78.3 cm³/mol. The van der Waals surface area contributed by atoms with Crippen LogP contribution in [0.2, 0.25) is 0 Å². The normalized spacial score (nSPS) is 18.2. The molecule has 1 unspecified atom stereocenters. The van der Waals surface area contributed by atoms with Gasteiger partial charge in [-0.25, -0.2) is 4.79 Å². The fourth-order valence-corrected chi connectivity index (χ4v) is 2.65. The number of likely N-dealkylation sites (N-methyl/N-ethyl adjacent to an activating group) is 1. The summed E-state index contributed by atoms with van der Waals surface area (Å²) in [7, 11) is 0. The number of benzene rings is 1. The van der Waals surface area contributed by atoms with E-state index in [0.717, 1.165) is 25.0 Å². The van der Waals surface area contributed by atoms with Gasteiger partial charge in [0.1, 0.15) is 0 Å². The third-order valence-electron chi connectivity index (χ3n) is 3.79. The van der Waals surface area contributed by atoms with Gasteiger partial charge in [-0.1, -0.05) is 12.1 Å². The van der Waals surface area contributed by atoms with E-state index < -0.39 is 5.97 Å². The van der Waals surface area contributed by atoms with Crippen LogP contribution in [0.1, 0.15) is 35.7 Å². The SMILES string of the molecule is CCN(C(=O)Cc1ccc(C(=O)O)cc1)C1CCCOC1. The molecule has 0 saturated carbocycles. The van der Waals surface area contributed by atoms with Crippen LogP contribution in [0.3, 0.4) is 0 Å². The molecule has 0 aromatic heterocycles. The average molecular weight is 291 g/mol. The first-order valence-corrected chi connectivity index (χ1v) is 7.31. The van der Waals surface area contributed by atoms with Crippen molar-refractivity contribution in [1.29, 1.82) is 0 Å². The molecule has 0 bridgehead atoms. The highest BCUT2D eigenvalue weighted by atomic mass is 16.5. The van der Waals surface area contributed by atoms with Crippen LogP contribution in [-0.4, -0.2) is 47.7 Å². The topological polar surface area (TPSA) is 66.8 Å². The van der Waals surface area contributed by atoms with Crippen molar-refractivity contribution in [3.63, 3.8) is 0 Å². The van der Waals surface area contributed by atoms with E-state index in [4.69, 9.17) is 9.84 Å². The smallest absolute Gasteiger partial charge is 0.335 e. The molecule has 1 heterocycles. The predicted octanol–water partition coefficient (Wildman–Crippen LogP) is 1.95. The zero-order chi connectivity index (χ0) is 15.2. The van der Waals surface area contributed by atoms with Gasteiger partial charge in [0, 0.05) is 13.2 Å². The van der Waals surface area contributed by atoms with Gasteiger partial charge in [-0.05, 0) is 37.5 Å². The first kappa shape index (κ1) is 15.5. The summed E-state index contributed by atoms with van der Waals surface area (Å²) in [5.74, 6) is -0.890. The van der Waals surface area contributed by atoms with Crippen molar-refractivity contribution >= 4 is 11.9 Å². The lowest BCUT2D eigenvalue weighted by atomic mass is 10.1. The van der Waals surface area contributed by atoms with Crippen molar-refractivity contribution in [1.82, 2.24) is 4.90 Å². The molecule has 0 radical (unpaired) electrons. The van der Waals surface area contributed by atoms with Crippen molar-refractivity contribution in [2.24, 2.45) is 0 Å². The third kappa shape index (κ3) is 4.04. The van der Waals surface area contributed by atoms with E-state index in [-0.39, 0.29) is 17.5 Å². The molecular formula is C16H21NO4.